The zero-order chi connectivity index (χ0) is 15.4. The summed E-state index contributed by atoms with van der Waals surface area (Å²) in [5.41, 5.74) is 2.13. The average Bonchev–Trinajstić information content (AvgIpc) is 2.78. The van der Waals surface area contributed by atoms with Gasteiger partial charge in [-0.15, -0.1) is 0 Å². The quantitative estimate of drug-likeness (QED) is 0.804. The normalized spacial score (nSPS) is 20.7. The number of hydrogen-bond acceptors (Lipinski definition) is 4. The minimum atomic E-state index is -0.662. The number of hydrogen-bond donors (Lipinski definition) is 1. The summed E-state index contributed by atoms with van der Waals surface area (Å²) < 4.78 is 0. The molecule has 0 saturated carbocycles. The van der Waals surface area contributed by atoms with E-state index in [9.17, 15) is 14.4 Å². The number of carbonyl (C=O) groups is 3. The second-order valence-corrected chi connectivity index (χ2v) is 5.63. The fraction of sp³-hybridized carbons (Fsp3) is 0.250. The number of benzene rings is 1. The molecule has 3 heterocycles. The number of rotatable bonds is 1. The highest BCUT2D eigenvalue weighted by atomic mass is 16.2. The van der Waals surface area contributed by atoms with Crippen molar-refractivity contribution in [1.29, 1.82) is 0 Å². The first-order valence-corrected chi connectivity index (χ1v) is 7.13. The predicted octanol–water partition coefficient (Wildman–Crippen LogP) is 1.31. The van der Waals surface area contributed by atoms with Gasteiger partial charge in [0, 0.05) is 18.0 Å². The molecule has 110 valence electrons. The predicted molar refractivity (Wildman–Crippen MR) is 79.5 cm³/mol. The highest BCUT2D eigenvalue weighted by Crippen LogP contribution is 2.39. The third-order valence-electron chi connectivity index (χ3n) is 4.33. The summed E-state index contributed by atoms with van der Waals surface area (Å²) in [6.45, 7) is 1.97. The fourth-order valence-corrected chi connectivity index (χ4v) is 3.25. The van der Waals surface area contributed by atoms with Gasteiger partial charge in [-0.25, -0.2) is 0 Å². The Morgan fingerprint density at radius 1 is 1.23 bits per heavy atom. The highest BCUT2D eigenvalue weighted by Gasteiger charge is 2.41. The van der Waals surface area contributed by atoms with E-state index >= 15 is 0 Å². The highest BCUT2D eigenvalue weighted by molar-refractivity contribution is 6.26. The minimum absolute atomic E-state index is 0.235. The molecular weight excluding hydrogens is 282 g/mol. The van der Waals surface area contributed by atoms with Crippen molar-refractivity contribution in [2.45, 2.75) is 25.8 Å². The molecular formula is C16H13N3O3. The summed E-state index contributed by atoms with van der Waals surface area (Å²) in [5.74, 6) is -0.996. The lowest BCUT2D eigenvalue weighted by atomic mass is 10.0. The molecule has 1 aromatic carbocycles. The van der Waals surface area contributed by atoms with Gasteiger partial charge in [0.25, 0.3) is 5.91 Å². The molecule has 6 nitrogen and oxygen atoms in total. The number of aromatic nitrogens is 1. The molecule has 4 rings (SSSR count). The van der Waals surface area contributed by atoms with E-state index in [1.807, 2.05) is 25.1 Å². The van der Waals surface area contributed by atoms with Gasteiger partial charge < -0.3 is 0 Å². The molecule has 22 heavy (non-hydrogen) atoms. The number of imide groups is 1. The van der Waals surface area contributed by atoms with Crippen LogP contribution in [0.4, 0.5) is 5.69 Å². The number of nitrogens with zero attached hydrogens (tertiary/aromatic N) is 2. The first-order valence-electron chi connectivity index (χ1n) is 7.13. The second kappa shape index (κ2) is 4.37. The van der Waals surface area contributed by atoms with Gasteiger partial charge in [-0.05, 0) is 36.4 Å². The lowest BCUT2D eigenvalue weighted by Crippen LogP contribution is -2.53. The first kappa shape index (κ1) is 12.9. The number of pyridine rings is 1. The topological polar surface area (TPSA) is 79.4 Å². The summed E-state index contributed by atoms with van der Waals surface area (Å²) in [5, 5.41) is 4.06. The smallest absolute Gasteiger partial charge is 0.278 e. The van der Waals surface area contributed by atoms with E-state index in [1.165, 1.54) is 4.90 Å². The van der Waals surface area contributed by atoms with Crippen LogP contribution in [-0.4, -0.2) is 28.7 Å². The van der Waals surface area contributed by atoms with Crippen LogP contribution < -0.4 is 10.2 Å². The Morgan fingerprint density at radius 3 is 2.82 bits per heavy atom. The maximum Gasteiger partial charge on any atom is 0.278 e. The van der Waals surface area contributed by atoms with Gasteiger partial charge in [0.1, 0.15) is 11.7 Å². The number of piperidine rings is 1. The van der Waals surface area contributed by atoms with Crippen LogP contribution in [0.25, 0.3) is 10.8 Å². The molecule has 1 atom stereocenters. The lowest BCUT2D eigenvalue weighted by Gasteiger charge is -2.30. The van der Waals surface area contributed by atoms with E-state index < -0.39 is 11.9 Å². The summed E-state index contributed by atoms with van der Waals surface area (Å²) in [7, 11) is 0. The first-order chi connectivity index (χ1) is 10.6. The van der Waals surface area contributed by atoms with Crippen molar-refractivity contribution in [2.75, 3.05) is 4.90 Å². The largest absolute Gasteiger partial charge is 0.295 e. The Hall–Kier alpha value is -2.76. The van der Waals surface area contributed by atoms with Crippen molar-refractivity contribution in [3.05, 3.63) is 35.7 Å². The molecule has 2 aliphatic rings. The number of carbonyl (C=O) groups excluding carboxylic acids is 3. The zero-order valence-electron chi connectivity index (χ0n) is 11.9. The van der Waals surface area contributed by atoms with Crippen molar-refractivity contribution in [1.82, 2.24) is 10.3 Å². The van der Waals surface area contributed by atoms with E-state index in [2.05, 4.69) is 10.3 Å². The Labute approximate surface area is 126 Å². The molecule has 3 amide bonds. The van der Waals surface area contributed by atoms with E-state index in [1.54, 1.807) is 6.20 Å². The number of aryl methyl sites for hydroxylation is 1. The average molecular weight is 295 g/mol. The van der Waals surface area contributed by atoms with Gasteiger partial charge in [0.2, 0.25) is 11.8 Å². The molecule has 1 aromatic heterocycles. The van der Waals surface area contributed by atoms with Gasteiger partial charge in [0.05, 0.1) is 5.69 Å². The van der Waals surface area contributed by atoms with Crippen molar-refractivity contribution >= 4 is 34.2 Å². The molecule has 2 aromatic rings. The van der Waals surface area contributed by atoms with Crippen LogP contribution in [0.5, 0.6) is 0 Å². The van der Waals surface area contributed by atoms with Gasteiger partial charge >= 0.3 is 0 Å². The fourth-order valence-electron chi connectivity index (χ4n) is 3.25. The molecule has 1 unspecified atom stereocenters. The van der Waals surface area contributed by atoms with Crippen molar-refractivity contribution < 1.29 is 14.4 Å². The zero-order valence-corrected chi connectivity index (χ0v) is 11.9. The van der Waals surface area contributed by atoms with Crippen LogP contribution in [0.3, 0.4) is 0 Å². The van der Waals surface area contributed by atoms with Crippen molar-refractivity contribution in [2.24, 2.45) is 0 Å². The Kier molecular flexibility index (Phi) is 2.57. The summed E-state index contributed by atoms with van der Waals surface area (Å²) in [6.07, 6.45) is 2.18. The van der Waals surface area contributed by atoms with Gasteiger partial charge in [-0.2, -0.15) is 0 Å². The van der Waals surface area contributed by atoms with Gasteiger partial charge in [-0.3, -0.25) is 29.6 Å². The van der Waals surface area contributed by atoms with Crippen LogP contribution in [0.15, 0.2) is 24.4 Å². The van der Waals surface area contributed by atoms with E-state index in [4.69, 9.17) is 0 Å². The van der Waals surface area contributed by atoms with Crippen LogP contribution in [-0.2, 0) is 9.59 Å². The number of nitrogens with one attached hydrogen (secondary N) is 1. The van der Waals surface area contributed by atoms with Gasteiger partial charge in [0.15, 0.2) is 0 Å². The van der Waals surface area contributed by atoms with Crippen molar-refractivity contribution in [3.8, 4) is 0 Å². The standard InChI is InChI=1S/C16H13N3O3/c1-8-2-3-10-13-9(8)6-7-17-14(13)16(22)19(10)11-4-5-12(20)18-15(11)21/h2-3,6-7,11H,4-5H2,1H3,(H,18,20,21). The molecule has 0 radical (unpaired) electrons. The van der Waals surface area contributed by atoms with Crippen molar-refractivity contribution in [3.63, 3.8) is 0 Å². The number of amides is 3. The molecule has 1 N–H and O–H groups in total. The van der Waals surface area contributed by atoms with E-state index in [-0.39, 0.29) is 18.2 Å². The summed E-state index contributed by atoms with van der Waals surface area (Å²) >= 11 is 0. The molecule has 2 aliphatic heterocycles. The third kappa shape index (κ3) is 1.60. The molecule has 0 aliphatic carbocycles. The van der Waals surface area contributed by atoms with E-state index in [0.29, 0.717) is 17.8 Å². The maximum absolute atomic E-state index is 12.7. The SMILES string of the molecule is Cc1ccc2c3c(nccc13)C(=O)N2C1CCC(=O)NC1=O. The summed E-state index contributed by atoms with van der Waals surface area (Å²) in [4.78, 5) is 41.8. The molecule has 1 fully saturated rings. The maximum atomic E-state index is 12.7. The Bertz CT molecular complexity index is 859. The molecule has 0 spiro atoms. The lowest BCUT2D eigenvalue weighted by molar-refractivity contribution is -0.134. The third-order valence-corrected chi connectivity index (χ3v) is 4.33. The molecule has 6 heteroatoms. The van der Waals surface area contributed by atoms with E-state index in [0.717, 1.165) is 16.3 Å². The van der Waals surface area contributed by atoms with Gasteiger partial charge in [-0.1, -0.05) is 6.07 Å². The monoisotopic (exact) mass is 295 g/mol. The summed E-state index contributed by atoms with van der Waals surface area (Å²) in [6, 6.07) is 4.99. The van der Waals surface area contributed by atoms with Crippen LogP contribution in [0.1, 0.15) is 28.9 Å². The molecule has 1 saturated heterocycles. The van der Waals surface area contributed by atoms with Crippen LogP contribution in [0.2, 0.25) is 0 Å². The Morgan fingerprint density at radius 2 is 2.05 bits per heavy atom. The van der Waals surface area contributed by atoms with Crippen LogP contribution >= 0.6 is 0 Å². The minimum Gasteiger partial charge on any atom is -0.295 e. The molecule has 0 bridgehead atoms. The van der Waals surface area contributed by atoms with Crippen LogP contribution in [0, 0.1) is 6.92 Å². The second-order valence-electron chi connectivity index (χ2n) is 5.63. The number of anilines is 1. The Balaban J connectivity index is 1.89.